The molecule has 1 aromatic rings. The second-order valence-corrected chi connectivity index (χ2v) is 7.57. The van der Waals surface area contributed by atoms with Gasteiger partial charge in [0, 0.05) is 0 Å². The van der Waals surface area contributed by atoms with E-state index in [4.69, 9.17) is 0 Å². The summed E-state index contributed by atoms with van der Waals surface area (Å²) in [7, 11) is 0. The fourth-order valence-corrected chi connectivity index (χ4v) is 4.52. The van der Waals surface area contributed by atoms with Crippen molar-refractivity contribution in [2.45, 2.75) is 83.0 Å². The molecule has 0 spiro atoms. The van der Waals surface area contributed by atoms with E-state index < -0.39 is 0 Å². The van der Waals surface area contributed by atoms with Crippen LogP contribution in [0.1, 0.15) is 81.9 Å². The molecular formula is C19H28. The normalized spacial score (nSPS) is 24.8. The van der Waals surface area contributed by atoms with E-state index in [0.29, 0.717) is 10.8 Å². The molecule has 104 valence electrons. The molecule has 2 fully saturated rings. The third kappa shape index (κ3) is 2.24. The maximum Gasteiger partial charge on any atom is -0.00725 e. The lowest BCUT2D eigenvalue weighted by Gasteiger charge is -2.31. The van der Waals surface area contributed by atoms with Crippen LogP contribution in [0, 0.1) is 6.92 Å². The Morgan fingerprint density at radius 3 is 1.89 bits per heavy atom. The molecule has 0 saturated heterocycles. The van der Waals surface area contributed by atoms with Gasteiger partial charge in [-0.25, -0.2) is 0 Å². The lowest BCUT2D eigenvalue weighted by atomic mass is 9.74. The molecule has 0 unspecified atom stereocenters. The summed E-state index contributed by atoms with van der Waals surface area (Å²) >= 11 is 0. The minimum atomic E-state index is 0.453. The van der Waals surface area contributed by atoms with E-state index in [9.17, 15) is 0 Å². The van der Waals surface area contributed by atoms with E-state index >= 15 is 0 Å². The highest BCUT2D eigenvalue weighted by Crippen LogP contribution is 2.45. The van der Waals surface area contributed by atoms with E-state index in [-0.39, 0.29) is 0 Å². The van der Waals surface area contributed by atoms with Gasteiger partial charge in [-0.3, -0.25) is 0 Å². The largest absolute Gasteiger partial charge is 0.0587 e. The highest BCUT2D eigenvalue weighted by atomic mass is 14.4. The van der Waals surface area contributed by atoms with Gasteiger partial charge in [0.15, 0.2) is 0 Å². The Bertz CT molecular complexity index is 457. The number of hydrogen-bond donors (Lipinski definition) is 0. The van der Waals surface area contributed by atoms with Gasteiger partial charge in [0.05, 0.1) is 0 Å². The molecular weight excluding hydrogens is 228 g/mol. The monoisotopic (exact) mass is 256 g/mol. The lowest BCUT2D eigenvalue weighted by molar-refractivity contribution is 0.472. The highest BCUT2D eigenvalue weighted by Gasteiger charge is 2.35. The molecule has 0 aliphatic heterocycles. The van der Waals surface area contributed by atoms with E-state index in [2.05, 4.69) is 39.0 Å². The zero-order valence-corrected chi connectivity index (χ0v) is 12.9. The molecule has 2 saturated carbocycles. The Kier molecular flexibility index (Phi) is 3.23. The molecule has 0 heteroatoms. The predicted octanol–water partition coefficient (Wildman–Crippen LogP) is 5.66. The van der Waals surface area contributed by atoms with Gasteiger partial charge in [0.1, 0.15) is 0 Å². The molecule has 0 heterocycles. The van der Waals surface area contributed by atoms with Crippen LogP contribution in [0.3, 0.4) is 0 Å². The van der Waals surface area contributed by atoms with Crippen LogP contribution in [0.15, 0.2) is 18.2 Å². The molecule has 1 aromatic carbocycles. The fourth-order valence-electron chi connectivity index (χ4n) is 4.52. The minimum Gasteiger partial charge on any atom is -0.0587 e. The van der Waals surface area contributed by atoms with Gasteiger partial charge in [0.2, 0.25) is 0 Å². The van der Waals surface area contributed by atoms with Gasteiger partial charge >= 0.3 is 0 Å². The SMILES string of the molecule is Cc1ccc(C2(C)CCCC2)cc1C1(C)CCCC1. The molecule has 2 aliphatic carbocycles. The van der Waals surface area contributed by atoms with E-state index in [1.54, 1.807) is 11.1 Å². The van der Waals surface area contributed by atoms with Crippen LogP contribution in [0.25, 0.3) is 0 Å². The zero-order valence-electron chi connectivity index (χ0n) is 12.9. The summed E-state index contributed by atoms with van der Waals surface area (Å²) in [5.41, 5.74) is 5.68. The third-order valence-corrected chi connectivity index (χ3v) is 6.00. The molecule has 0 amide bonds. The summed E-state index contributed by atoms with van der Waals surface area (Å²) < 4.78 is 0. The van der Waals surface area contributed by atoms with Crippen molar-refractivity contribution >= 4 is 0 Å². The van der Waals surface area contributed by atoms with Crippen molar-refractivity contribution in [2.24, 2.45) is 0 Å². The number of rotatable bonds is 2. The molecule has 2 aliphatic rings. The fraction of sp³-hybridized carbons (Fsp3) is 0.684. The molecule has 0 bridgehead atoms. The molecule has 19 heavy (non-hydrogen) atoms. The van der Waals surface area contributed by atoms with Crippen LogP contribution in [-0.4, -0.2) is 0 Å². The van der Waals surface area contributed by atoms with Crippen molar-refractivity contribution in [1.29, 1.82) is 0 Å². The molecule has 0 nitrogen and oxygen atoms in total. The summed E-state index contributed by atoms with van der Waals surface area (Å²) in [5.74, 6) is 0. The topological polar surface area (TPSA) is 0 Å². The number of aryl methyl sites for hydroxylation is 1. The van der Waals surface area contributed by atoms with Gasteiger partial charge in [-0.1, -0.05) is 57.7 Å². The third-order valence-electron chi connectivity index (χ3n) is 6.00. The van der Waals surface area contributed by atoms with Gasteiger partial charge in [-0.15, -0.1) is 0 Å². The zero-order chi connectivity index (χ0) is 13.5. The van der Waals surface area contributed by atoms with Crippen molar-refractivity contribution in [3.8, 4) is 0 Å². The van der Waals surface area contributed by atoms with E-state index in [1.807, 2.05) is 0 Å². The smallest absolute Gasteiger partial charge is 0.00725 e. The van der Waals surface area contributed by atoms with E-state index in [0.717, 1.165) is 0 Å². The second-order valence-electron chi connectivity index (χ2n) is 7.57. The van der Waals surface area contributed by atoms with Gasteiger partial charge in [-0.05, 0) is 60.1 Å². The maximum absolute atomic E-state index is 2.58. The number of benzene rings is 1. The Morgan fingerprint density at radius 2 is 1.32 bits per heavy atom. The first-order chi connectivity index (χ1) is 9.04. The summed E-state index contributed by atoms with van der Waals surface area (Å²) in [4.78, 5) is 0. The Hall–Kier alpha value is -0.780. The van der Waals surface area contributed by atoms with Gasteiger partial charge in [0.25, 0.3) is 0 Å². The van der Waals surface area contributed by atoms with Crippen LogP contribution in [0.4, 0.5) is 0 Å². The second kappa shape index (κ2) is 4.65. The average Bonchev–Trinajstić information content (AvgIpc) is 3.00. The Labute approximate surface area is 118 Å². The van der Waals surface area contributed by atoms with Crippen LogP contribution in [-0.2, 0) is 10.8 Å². The molecule has 0 aromatic heterocycles. The van der Waals surface area contributed by atoms with Gasteiger partial charge < -0.3 is 0 Å². The molecule has 0 N–H and O–H groups in total. The van der Waals surface area contributed by atoms with Crippen molar-refractivity contribution in [3.05, 3.63) is 34.9 Å². The summed E-state index contributed by atoms with van der Waals surface area (Å²) in [6.45, 7) is 7.27. The van der Waals surface area contributed by atoms with Crippen LogP contribution in [0.2, 0.25) is 0 Å². The molecule has 0 radical (unpaired) electrons. The van der Waals surface area contributed by atoms with Crippen molar-refractivity contribution in [3.63, 3.8) is 0 Å². The summed E-state index contributed by atoms with van der Waals surface area (Å²) in [6.07, 6.45) is 11.2. The summed E-state index contributed by atoms with van der Waals surface area (Å²) in [6, 6.07) is 7.37. The minimum absolute atomic E-state index is 0.453. The highest BCUT2D eigenvalue weighted by molar-refractivity contribution is 5.40. The Balaban J connectivity index is 2.01. The van der Waals surface area contributed by atoms with Crippen LogP contribution < -0.4 is 0 Å². The van der Waals surface area contributed by atoms with Crippen LogP contribution in [0.5, 0.6) is 0 Å². The first-order valence-electron chi connectivity index (χ1n) is 8.15. The molecule has 3 rings (SSSR count). The standard InChI is InChI=1S/C19H28/c1-15-8-9-16(18(2)10-4-5-11-18)14-17(15)19(3)12-6-7-13-19/h8-9,14H,4-7,10-13H2,1-3H3. The summed E-state index contributed by atoms with van der Waals surface area (Å²) in [5, 5.41) is 0. The first kappa shape index (κ1) is 13.2. The van der Waals surface area contributed by atoms with E-state index in [1.165, 1.54) is 56.9 Å². The predicted molar refractivity (Wildman–Crippen MR) is 82.8 cm³/mol. The van der Waals surface area contributed by atoms with Crippen molar-refractivity contribution < 1.29 is 0 Å². The van der Waals surface area contributed by atoms with Crippen molar-refractivity contribution in [1.82, 2.24) is 0 Å². The molecule has 0 atom stereocenters. The lowest BCUT2D eigenvalue weighted by Crippen LogP contribution is -2.22. The van der Waals surface area contributed by atoms with Crippen LogP contribution >= 0.6 is 0 Å². The maximum atomic E-state index is 2.58. The van der Waals surface area contributed by atoms with Crippen molar-refractivity contribution in [2.75, 3.05) is 0 Å². The van der Waals surface area contributed by atoms with Gasteiger partial charge in [-0.2, -0.15) is 0 Å². The quantitative estimate of drug-likeness (QED) is 0.640. The number of hydrogen-bond acceptors (Lipinski definition) is 0. The first-order valence-corrected chi connectivity index (χ1v) is 8.15. The Morgan fingerprint density at radius 1 is 0.789 bits per heavy atom. The average molecular weight is 256 g/mol.